The molecule has 1 aromatic heterocycles. The SMILES string of the molecule is CCCNC(c1ccc(Br)cc1OC)c1cc(Br)sc1Br. The summed E-state index contributed by atoms with van der Waals surface area (Å²) < 4.78 is 8.83. The molecule has 1 aromatic carbocycles. The normalized spacial score (nSPS) is 12.4. The molecule has 21 heavy (non-hydrogen) atoms. The molecule has 0 spiro atoms. The van der Waals surface area contributed by atoms with Crippen molar-refractivity contribution in [3.05, 3.63) is 47.4 Å². The Hall–Kier alpha value is 0.120. The Bertz CT molecular complexity index is 615. The van der Waals surface area contributed by atoms with Gasteiger partial charge in [0, 0.05) is 10.0 Å². The molecular weight excluding hydrogens is 482 g/mol. The molecule has 1 heterocycles. The molecule has 114 valence electrons. The molecule has 0 fully saturated rings. The van der Waals surface area contributed by atoms with Gasteiger partial charge in [-0.05, 0) is 68.6 Å². The lowest BCUT2D eigenvalue weighted by atomic mass is 10.00. The highest BCUT2D eigenvalue weighted by atomic mass is 79.9. The van der Waals surface area contributed by atoms with E-state index in [2.05, 4.69) is 72.2 Å². The number of halogens is 3. The number of hydrogen-bond donors (Lipinski definition) is 1. The summed E-state index contributed by atoms with van der Waals surface area (Å²) in [5, 5.41) is 3.61. The molecular formula is C15H16Br3NOS. The van der Waals surface area contributed by atoms with Crippen molar-refractivity contribution in [2.75, 3.05) is 13.7 Å². The molecule has 0 aliphatic carbocycles. The Morgan fingerprint density at radius 3 is 2.52 bits per heavy atom. The van der Waals surface area contributed by atoms with Gasteiger partial charge >= 0.3 is 0 Å². The second-order valence-electron chi connectivity index (χ2n) is 4.55. The molecule has 2 rings (SSSR count). The third-order valence-electron chi connectivity index (χ3n) is 3.10. The average molecular weight is 498 g/mol. The van der Waals surface area contributed by atoms with Crippen LogP contribution in [-0.4, -0.2) is 13.7 Å². The first-order valence-electron chi connectivity index (χ1n) is 6.58. The van der Waals surface area contributed by atoms with Crippen LogP contribution in [0.3, 0.4) is 0 Å². The van der Waals surface area contributed by atoms with E-state index in [4.69, 9.17) is 4.74 Å². The molecule has 6 heteroatoms. The fourth-order valence-corrected chi connectivity index (χ4v) is 5.39. The van der Waals surface area contributed by atoms with Crippen LogP contribution in [0.25, 0.3) is 0 Å². The van der Waals surface area contributed by atoms with Crippen LogP contribution in [0.5, 0.6) is 5.75 Å². The number of hydrogen-bond acceptors (Lipinski definition) is 3. The molecule has 1 unspecified atom stereocenters. The number of thiophene rings is 1. The summed E-state index contributed by atoms with van der Waals surface area (Å²) in [5.41, 5.74) is 2.36. The highest BCUT2D eigenvalue weighted by molar-refractivity contribution is 9.12. The van der Waals surface area contributed by atoms with E-state index in [-0.39, 0.29) is 6.04 Å². The Labute approximate surface area is 154 Å². The van der Waals surface area contributed by atoms with Gasteiger partial charge in [-0.1, -0.05) is 28.9 Å². The molecule has 1 atom stereocenters. The Balaban J connectivity index is 2.47. The number of rotatable bonds is 6. The summed E-state index contributed by atoms with van der Waals surface area (Å²) in [4.78, 5) is 0. The minimum absolute atomic E-state index is 0.102. The molecule has 0 saturated carbocycles. The summed E-state index contributed by atoms with van der Waals surface area (Å²) in [6, 6.07) is 8.42. The van der Waals surface area contributed by atoms with Crippen molar-refractivity contribution in [2.45, 2.75) is 19.4 Å². The first kappa shape index (κ1) is 17.5. The van der Waals surface area contributed by atoms with Crippen LogP contribution in [0, 0.1) is 0 Å². The summed E-state index contributed by atoms with van der Waals surface area (Å²) in [6.45, 7) is 3.12. The Kier molecular flexibility index (Phi) is 6.75. The lowest BCUT2D eigenvalue weighted by molar-refractivity contribution is 0.403. The third kappa shape index (κ3) is 4.32. The quantitative estimate of drug-likeness (QED) is 0.518. The van der Waals surface area contributed by atoms with Gasteiger partial charge < -0.3 is 10.1 Å². The van der Waals surface area contributed by atoms with Crippen molar-refractivity contribution in [1.82, 2.24) is 5.32 Å². The van der Waals surface area contributed by atoms with Crippen LogP contribution in [0.2, 0.25) is 0 Å². The molecule has 0 aliphatic heterocycles. The van der Waals surface area contributed by atoms with E-state index in [1.54, 1.807) is 18.4 Å². The minimum Gasteiger partial charge on any atom is -0.496 e. The molecule has 0 radical (unpaired) electrons. The number of benzene rings is 1. The predicted octanol–water partition coefficient (Wildman–Crippen LogP) is 6.13. The molecule has 2 aromatic rings. The summed E-state index contributed by atoms with van der Waals surface area (Å²) >= 11 is 12.4. The van der Waals surface area contributed by atoms with Crippen molar-refractivity contribution in [1.29, 1.82) is 0 Å². The largest absolute Gasteiger partial charge is 0.496 e. The molecule has 0 saturated heterocycles. The van der Waals surface area contributed by atoms with Crippen LogP contribution in [-0.2, 0) is 0 Å². The van der Waals surface area contributed by atoms with Crippen molar-refractivity contribution in [3.63, 3.8) is 0 Å². The van der Waals surface area contributed by atoms with Gasteiger partial charge in [0.1, 0.15) is 5.75 Å². The van der Waals surface area contributed by atoms with Crippen molar-refractivity contribution in [2.24, 2.45) is 0 Å². The van der Waals surface area contributed by atoms with E-state index >= 15 is 0 Å². The van der Waals surface area contributed by atoms with Crippen molar-refractivity contribution < 1.29 is 4.74 Å². The number of ether oxygens (including phenoxy) is 1. The summed E-state index contributed by atoms with van der Waals surface area (Å²) in [5.74, 6) is 0.882. The summed E-state index contributed by atoms with van der Waals surface area (Å²) in [6.07, 6.45) is 1.08. The highest BCUT2D eigenvalue weighted by Crippen LogP contribution is 2.40. The van der Waals surface area contributed by atoms with Crippen molar-refractivity contribution in [3.8, 4) is 5.75 Å². The van der Waals surface area contributed by atoms with Gasteiger partial charge in [0.25, 0.3) is 0 Å². The van der Waals surface area contributed by atoms with Gasteiger partial charge in [0.15, 0.2) is 0 Å². The number of methoxy groups -OCH3 is 1. The Morgan fingerprint density at radius 1 is 1.19 bits per heavy atom. The van der Waals surface area contributed by atoms with E-state index < -0.39 is 0 Å². The molecule has 1 N–H and O–H groups in total. The number of nitrogens with one attached hydrogen (secondary N) is 1. The first-order valence-corrected chi connectivity index (χ1v) is 9.78. The van der Waals surface area contributed by atoms with Gasteiger partial charge in [-0.15, -0.1) is 11.3 Å². The third-order valence-corrected chi connectivity index (χ3v) is 5.98. The van der Waals surface area contributed by atoms with Crippen LogP contribution in [0.1, 0.15) is 30.5 Å². The fourth-order valence-electron chi connectivity index (χ4n) is 2.15. The van der Waals surface area contributed by atoms with Gasteiger partial charge in [0.05, 0.1) is 20.7 Å². The maximum atomic E-state index is 5.56. The minimum atomic E-state index is 0.102. The van der Waals surface area contributed by atoms with E-state index in [0.717, 1.165) is 36.3 Å². The van der Waals surface area contributed by atoms with E-state index in [1.807, 2.05) is 12.1 Å². The van der Waals surface area contributed by atoms with E-state index in [0.29, 0.717) is 0 Å². The van der Waals surface area contributed by atoms with Gasteiger partial charge in [0.2, 0.25) is 0 Å². The van der Waals surface area contributed by atoms with Gasteiger partial charge in [-0.2, -0.15) is 0 Å². The average Bonchev–Trinajstić information content (AvgIpc) is 2.79. The maximum absolute atomic E-state index is 5.56. The van der Waals surface area contributed by atoms with Crippen molar-refractivity contribution >= 4 is 59.1 Å². The monoisotopic (exact) mass is 495 g/mol. The van der Waals surface area contributed by atoms with Gasteiger partial charge in [-0.25, -0.2) is 0 Å². The molecule has 0 amide bonds. The van der Waals surface area contributed by atoms with E-state index in [1.165, 1.54) is 5.56 Å². The predicted molar refractivity (Wildman–Crippen MR) is 101 cm³/mol. The standard InChI is InChI=1S/C15H16Br3NOS/c1-3-6-19-14(11-8-13(17)21-15(11)18)10-5-4-9(16)7-12(10)20-2/h4-5,7-8,14,19H,3,6H2,1-2H3. The molecule has 0 aliphatic rings. The van der Waals surface area contributed by atoms with Crippen LogP contribution in [0.4, 0.5) is 0 Å². The van der Waals surface area contributed by atoms with Crippen LogP contribution >= 0.6 is 59.1 Å². The topological polar surface area (TPSA) is 21.3 Å². The zero-order valence-corrected chi connectivity index (χ0v) is 17.3. The first-order chi connectivity index (χ1) is 10.1. The zero-order valence-electron chi connectivity index (χ0n) is 11.8. The summed E-state index contributed by atoms with van der Waals surface area (Å²) in [7, 11) is 1.71. The van der Waals surface area contributed by atoms with Crippen LogP contribution in [0.15, 0.2) is 36.3 Å². The second-order valence-corrected chi connectivity index (χ2v) is 9.22. The Morgan fingerprint density at radius 2 is 1.95 bits per heavy atom. The van der Waals surface area contributed by atoms with Gasteiger partial charge in [-0.3, -0.25) is 0 Å². The van der Waals surface area contributed by atoms with Crippen LogP contribution < -0.4 is 10.1 Å². The lowest BCUT2D eigenvalue weighted by Gasteiger charge is -2.21. The fraction of sp³-hybridized carbons (Fsp3) is 0.333. The maximum Gasteiger partial charge on any atom is 0.125 e. The zero-order chi connectivity index (χ0) is 15.4. The molecule has 2 nitrogen and oxygen atoms in total. The van der Waals surface area contributed by atoms with E-state index in [9.17, 15) is 0 Å². The lowest BCUT2D eigenvalue weighted by Crippen LogP contribution is -2.23. The second kappa shape index (κ2) is 8.11. The smallest absolute Gasteiger partial charge is 0.125 e. The molecule has 0 bridgehead atoms. The highest BCUT2D eigenvalue weighted by Gasteiger charge is 2.22.